The van der Waals surface area contributed by atoms with Crippen molar-refractivity contribution in [3.63, 3.8) is 0 Å². The molecule has 0 bridgehead atoms. The molecule has 1 aliphatic heterocycles. The molecular weight excluding hydrogens is 336 g/mol. The minimum absolute atomic E-state index is 0.0151. The van der Waals surface area contributed by atoms with Crippen LogP contribution in [-0.4, -0.2) is 26.0 Å². The van der Waals surface area contributed by atoms with Crippen LogP contribution in [0.2, 0.25) is 5.02 Å². The predicted octanol–water partition coefficient (Wildman–Crippen LogP) is 2.63. The van der Waals surface area contributed by atoms with Crippen molar-refractivity contribution in [2.75, 3.05) is 19.0 Å². The van der Waals surface area contributed by atoms with Crippen LogP contribution in [0.1, 0.15) is 23.6 Å². The second-order valence-corrected chi connectivity index (χ2v) is 6.84. The lowest BCUT2D eigenvalue weighted by atomic mass is 10.0. The van der Waals surface area contributed by atoms with Crippen LogP contribution in [0.25, 0.3) is 0 Å². The number of carbonyl (C=O) groups excluding carboxylic acids is 1. The van der Waals surface area contributed by atoms with Gasteiger partial charge in [0, 0.05) is 37.4 Å². The fourth-order valence-corrected chi connectivity index (χ4v) is 3.18. The Labute approximate surface area is 153 Å². The van der Waals surface area contributed by atoms with Crippen molar-refractivity contribution in [3.8, 4) is 0 Å². The zero-order valence-electron chi connectivity index (χ0n) is 14.4. The molecule has 2 unspecified atom stereocenters. The normalized spacial score (nSPS) is 19.6. The summed E-state index contributed by atoms with van der Waals surface area (Å²) in [7, 11) is 4.01. The third-order valence-electron chi connectivity index (χ3n) is 4.42. The number of anilines is 1. The molecule has 3 N–H and O–H groups in total. The van der Waals surface area contributed by atoms with Gasteiger partial charge in [0.25, 0.3) is 0 Å². The van der Waals surface area contributed by atoms with Crippen LogP contribution in [0, 0.1) is 0 Å². The molecule has 2 atom stereocenters. The summed E-state index contributed by atoms with van der Waals surface area (Å²) in [5.41, 5.74) is 9.45. The van der Waals surface area contributed by atoms with E-state index in [0.717, 1.165) is 16.8 Å². The molecule has 2 aromatic carbocycles. The van der Waals surface area contributed by atoms with Crippen LogP contribution >= 0.6 is 11.6 Å². The number of halogens is 1. The Kier molecular flexibility index (Phi) is 5.58. The molecular formula is C19H23ClN4O. The summed E-state index contributed by atoms with van der Waals surface area (Å²) in [4.78, 5) is 14.4. The van der Waals surface area contributed by atoms with Gasteiger partial charge in [-0.05, 0) is 35.7 Å². The van der Waals surface area contributed by atoms with Gasteiger partial charge < -0.3 is 10.2 Å². The van der Waals surface area contributed by atoms with Crippen molar-refractivity contribution in [3.05, 3.63) is 64.7 Å². The Bertz CT molecular complexity index is 732. The zero-order valence-corrected chi connectivity index (χ0v) is 15.2. The van der Waals surface area contributed by atoms with Crippen molar-refractivity contribution >= 4 is 23.2 Å². The third kappa shape index (κ3) is 4.31. The van der Waals surface area contributed by atoms with Gasteiger partial charge in [-0.25, -0.2) is 10.9 Å². The lowest BCUT2D eigenvalue weighted by Crippen LogP contribution is -2.42. The Morgan fingerprint density at radius 2 is 1.88 bits per heavy atom. The Balaban J connectivity index is 1.53. The van der Waals surface area contributed by atoms with E-state index in [4.69, 9.17) is 11.6 Å². The maximum absolute atomic E-state index is 12.4. The highest BCUT2D eigenvalue weighted by Crippen LogP contribution is 2.28. The third-order valence-corrected chi connectivity index (χ3v) is 4.76. The average molecular weight is 359 g/mol. The Hall–Kier alpha value is -2.08. The molecule has 0 saturated carbocycles. The Morgan fingerprint density at radius 3 is 2.56 bits per heavy atom. The first-order chi connectivity index (χ1) is 12.0. The van der Waals surface area contributed by atoms with E-state index in [1.165, 1.54) is 0 Å². The van der Waals surface area contributed by atoms with Gasteiger partial charge in [-0.3, -0.25) is 4.79 Å². The highest BCUT2D eigenvalue weighted by Gasteiger charge is 2.30. The molecule has 1 fully saturated rings. The number of nitrogens with zero attached hydrogens (tertiary/aromatic N) is 1. The number of carbonyl (C=O) groups is 1. The largest absolute Gasteiger partial charge is 0.378 e. The van der Waals surface area contributed by atoms with Crippen LogP contribution in [0.4, 0.5) is 5.69 Å². The first kappa shape index (κ1) is 17.7. The number of amides is 1. The lowest BCUT2D eigenvalue weighted by molar-refractivity contribution is -0.123. The van der Waals surface area contributed by atoms with Gasteiger partial charge in [0.1, 0.15) is 6.04 Å². The van der Waals surface area contributed by atoms with Gasteiger partial charge >= 0.3 is 0 Å². The highest BCUT2D eigenvalue weighted by molar-refractivity contribution is 6.31. The van der Waals surface area contributed by atoms with E-state index in [2.05, 4.69) is 16.2 Å². The van der Waals surface area contributed by atoms with E-state index in [1.54, 1.807) is 0 Å². The SMILES string of the molecule is CN(C)c1ccc(CNC(=O)C2CC(c3ccccc3Cl)NN2)cc1. The Morgan fingerprint density at radius 1 is 1.16 bits per heavy atom. The molecule has 132 valence electrons. The van der Waals surface area contributed by atoms with Crippen LogP contribution in [0.3, 0.4) is 0 Å². The monoisotopic (exact) mass is 358 g/mol. The topological polar surface area (TPSA) is 56.4 Å². The van der Waals surface area contributed by atoms with Crippen molar-refractivity contribution in [2.24, 2.45) is 0 Å². The molecule has 1 saturated heterocycles. The fourth-order valence-electron chi connectivity index (χ4n) is 2.91. The van der Waals surface area contributed by atoms with E-state index < -0.39 is 0 Å². The van der Waals surface area contributed by atoms with E-state index in [1.807, 2.05) is 67.5 Å². The molecule has 5 nitrogen and oxygen atoms in total. The smallest absolute Gasteiger partial charge is 0.238 e. The van der Waals surface area contributed by atoms with Gasteiger partial charge in [0.2, 0.25) is 5.91 Å². The predicted molar refractivity (Wildman–Crippen MR) is 101 cm³/mol. The molecule has 3 rings (SSSR count). The molecule has 0 aromatic heterocycles. The van der Waals surface area contributed by atoms with Crippen LogP contribution in [-0.2, 0) is 11.3 Å². The van der Waals surface area contributed by atoms with E-state index in [0.29, 0.717) is 18.0 Å². The second kappa shape index (κ2) is 7.87. The van der Waals surface area contributed by atoms with Gasteiger partial charge in [0.15, 0.2) is 0 Å². The van der Waals surface area contributed by atoms with Crippen molar-refractivity contribution in [1.82, 2.24) is 16.2 Å². The highest BCUT2D eigenvalue weighted by atomic mass is 35.5. The van der Waals surface area contributed by atoms with E-state index >= 15 is 0 Å². The van der Waals surface area contributed by atoms with Crippen molar-refractivity contribution in [2.45, 2.75) is 25.0 Å². The van der Waals surface area contributed by atoms with Crippen LogP contribution < -0.4 is 21.1 Å². The zero-order chi connectivity index (χ0) is 17.8. The average Bonchev–Trinajstić information content (AvgIpc) is 3.10. The molecule has 1 heterocycles. The van der Waals surface area contributed by atoms with Crippen LogP contribution in [0.5, 0.6) is 0 Å². The van der Waals surface area contributed by atoms with Gasteiger partial charge in [-0.15, -0.1) is 0 Å². The van der Waals surface area contributed by atoms with Gasteiger partial charge in [-0.2, -0.15) is 0 Å². The minimum atomic E-state index is -0.276. The molecule has 1 aliphatic rings. The van der Waals surface area contributed by atoms with Crippen LogP contribution in [0.15, 0.2) is 48.5 Å². The molecule has 1 amide bonds. The fraction of sp³-hybridized carbons (Fsp3) is 0.316. The molecule has 0 spiro atoms. The summed E-state index contributed by atoms with van der Waals surface area (Å²) in [5.74, 6) is -0.0151. The first-order valence-corrected chi connectivity index (χ1v) is 8.72. The molecule has 6 heteroatoms. The summed E-state index contributed by atoms with van der Waals surface area (Å²) in [6.07, 6.45) is 0.662. The number of benzene rings is 2. The number of rotatable bonds is 5. The summed E-state index contributed by atoms with van der Waals surface area (Å²) in [6, 6.07) is 15.6. The summed E-state index contributed by atoms with van der Waals surface area (Å²) >= 11 is 6.24. The summed E-state index contributed by atoms with van der Waals surface area (Å²) < 4.78 is 0. The standard InChI is InChI=1S/C19H23ClN4O/c1-24(2)14-9-7-13(8-10-14)12-21-19(25)18-11-17(22-23-18)15-5-3-4-6-16(15)20/h3-10,17-18,22-23H,11-12H2,1-2H3,(H,21,25). The van der Waals surface area contributed by atoms with Gasteiger partial charge in [-0.1, -0.05) is 41.9 Å². The lowest BCUT2D eigenvalue weighted by Gasteiger charge is -2.14. The van der Waals surface area contributed by atoms with E-state index in [-0.39, 0.29) is 18.0 Å². The van der Waals surface area contributed by atoms with E-state index in [9.17, 15) is 4.79 Å². The molecule has 0 radical (unpaired) electrons. The maximum atomic E-state index is 12.4. The number of nitrogens with one attached hydrogen (secondary N) is 3. The quantitative estimate of drug-likeness (QED) is 0.769. The van der Waals surface area contributed by atoms with Crippen molar-refractivity contribution in [1.29, 1.82) is 0 Å². The van der Waals surface area contributed by atoms with Crippen molar-refractivity contribution < 1.29 is 4.79 Å². The molecule has 2 aromatic rings. The minimum Gasteiger partial charge on any atom is -0.378 e. The summed E-state index contributed by atoms with van der Waals surface area (Å²) in [5, 5.41) is 3.70. The first-order valence-electron chi connectivity index (χ1n) is 8.34. The number of hydrazine groups is 1. The molecule has 25 heavy (non-hydrogen) atoms. The van der Waals surface area contributed by atoms with Gasteiger partial charge in [0.05, 0.1) is 0 Å². The molecule has 0 aliphatic carbocycles. The second-order valence-electron chi connectivity index (χ2n) is 6.43. The maximum Gasteiger partial charge on any atom is 0.238 e. The number of hydrogen-bond acceptors (Lipinski definition) is 4. The number of hydrogen-bond donors (Lipinski definition) is 3. The summed E-state index contributed by atoms with van der Waals surface area (Å²) in [6.45, 7) is 0.515.